The van der Waals surface area contributed by atoms with Crippen LogP contribution in [0.4, 0.5) is 8.78 Å². The van der Waals surface area contributed by atoms with Gasteiger partial charge < -0.3 is 5.11 Å². The lowest BCUT2D eigenvalue weighted by molar-refractivity contribution is 0.312. The monoisotopic (exact) mass is 300 g/mol. The third kappa shape index (κ3) is 3.25. The van der Waals surface area contributed by atoms with Crippen molar-refractivity contribution in [1.82, 2.24) is 10.4 Å². The Balaban J connectivity index is 1.77. The lowest BCUT2D eigenvalue weighted by Crippen LogP contribution is -2.33. The molecule has 0 fully saturated rings. The fourth-order valence-electron chi connectivity index (χ4n) is 2.29. The molecule has 0 saturated heterocycles. The second kappa shape index (κ2) is 5.89. The highest BCUT2D eigenvalue weighted by atomic mass is 19.1. The number of phenols is 1. The third-order valence-electron chi connectivity index (χ3n) is 3.23. The molecule has 0 spiro atoms. The van der Waals surface area contributed by atoms with Crippen LogP contribution in [0.25, 0.3) is 5.70 Å². The minimum absolute atomic E-state index is 0.196. The van der Waals surface area contributed by atoms with Gasteiger partial charge in [-0.3, -0.25) is 10.4 Å². The lowest BCUT2D eigenvalue weighted by Gasteiger charge is -2.27. The molecule has 1 aliphatic heterocycles. The zero-order valence-corrected chi connectivity index (χ0v) is 11.6. The zero-order valence-electron chi connectivity index (χ0n) is 11.6. The number of nitrogens with one attached hydrogen (secondary N) is 1. The third-order valence-corrected chi connectivity index (χ3v) is 3.23. The SMILES string of the molecule is Oc1cccc(CN2C=CC=C(c3cc(F)cc(F)c3)N2)c1. The summed E-state index contributed by atoms with van der Waals surface area (Å²) in [5.41, 5.74) is 5.02. The predicted molar refractivity (Wildman–Crippen MR) is 80.3 cm³/mol. The summed E-state index contributed by atoms with van der Waals surface area (Å²) in [6, 6.07) is 10.3. The Morgan fingerprint density at radius 3 is 2.55 bits per heavy atom. The lowest BCUT2D eigenvalue weighted by atomic mass is 10.1. The molecule has 0 aliphatic carbocycles. The van der Waals surface area contributed by atoms with E-state index in [2.05, 4.69) is 5.43 Å². The van der Waals surface area contributed by atoms with E-state index in [4.69, 9.17) is 0 Å². The summed E-state index contributed by atoms with van der Waals surface area (Å²) < 4.78 is 26.6. The molecular weight excluding hydrogens is 286 g/mol. The number of hydrazine groups is 1. The Kier molecular flexibility index (Phi) is 3.78. The van der Waals surface area contributed by atoms with Crippen LogP contribution in [0, 0.1) is 11.6 Å². The van der Waals surface area contributed by atoms with Gasteiger partial charge in [-0.15, -0.1) is 0 Å². The molecule has 2 aromatic rings. The van der Waals surface area contributed by atoms with Crippen LogP contribution < -0.4 is 5.43 Å². The van der Waals surface area contributed by atoms with E-state index in [1.807, 2.05) is 12.3 Å². The Morgan fingerprint density at radius 1 is 1.05 bits per heavy atom. The molecule has 2 N–H and O–H groups in total. The molecule has 0 amide bonds. The van der Waals surface area contributed by atoms with E-state index in [0.29, 0.717) is 17.8 Å². The average Bonchev–Trinajstić information content (AvgIpc) is 2.46. The number of phenolic OH excluding ortho intramolecular Hbond substituents is 1. The van der Waals surface area contributed by atoms with Crippen molar-refractivity contribution in [2.75, 3.05) is 0 Å². The van der Waals surface area contributed by atoms with E-state index in [-0.39, 0.29) is 5.75 Å². The molecule has 3 nitrogen and oxygen atoms in total. The molecule has 3 rings (SSSR count). The molecule has 0 unspecified atom stereocenters. The summed E-state index contributed by atoms with van der Waals surface area (Å²) in [6.07, 6.45) is 5.34. The minimum atomic E-state index is -0.619. The van der Waals surface area contributed by atoms with Gasteiger partial charge in [-0.1, -0.05) is 12.1 Å². The number of halogens is 2. The molecule has 112 valence electrons. The fourth-order valence-corrected chi connectivity index (χ4v) is 2.29. The van der Waals surface area contributed by atoms with Gasteiger partial charge in [-0.05, 0) is 42.0 Å². The van der Waals surface area contributed by atoms with Gasteiger partial charge >= 0.3 is 0 Å². The van der Waals surface area contributed by atoms with E-state index in [9.17, 15) is 13.9 Å². The zero-order chi connectivity index (χ0) is 15.5. The van der Waals surface area contributed by atoms with Crippen LogP contribution in [0.2, 0.25) is 0 Å². The summed E-state index contributed by atoms with van der Waals surface area (Å²) in [5.74, 6) is -1.04. The minimum Gasteiger partial charge on any atom is -0.508 e. The van der Waals surface area contributed by atoms with E-state index in [1.165, 1.54) is 12.1 Å². The van der Waals surface area contributed by atoms with E-state index >= 15 is 0 Å². The first-order valence-electron chi connectivity index (χ1n) is 6.76. The van der Waals surface area contributed by atoms with E-state index < -0.39 is 11.6 Å². The summed E-state index contributed by atoms with van der Waals surface area (Å²) in [4.78, 5) is 0. The molecule has 0 bridgehead atoms. The maximum absolute atomic E-state index is 13.3. The second-order valence-electron chi connectivity index (χ2n) is 4.99. The number of allylic oxidation sites excluding steroid dienone is 2. The first-order chi connectivity index (χ1) is 10.6. The van der Waals surface area contributed by atoms with Crippen LogP contribution in [0.15, 0.2) is 60.8 Å². The van der Waals surface area contributed by atoms with Gasteiger partial charge in [0.2, 0.25) is 0 Å². The predicted octanol–water partition coefficient (Wildman–Crippen LogP) is 3.55. The maximum atomic E-state index is 13.3. The summed E-state index contributed by atoms with van der Waals surface area (Å²) >= 11 is 0. The largest absolute Gasteiger partial charge is 0.508 e. The highest BCUT2D eigenvalue weighted by molar-refractivity contribution is 5.66. The maximum Gasteiger partial charge on any atom is 0.126 e. The van der Waals surface area contributed by atoms with Crippen molar-refractivity contribution >= 4 is 5.70 Å². The average molecular weight is 300 g/mol. The topological polar surface area (TPSA) is 35.5 Å². The smallest absolute Gasteiger partial charge is 0.126 e. The molecule has 0 aromatic heterocycles. The van der Waals surface area contributed by atoms with Crippen LogP contribution in [0.5, 0.6) is 5.75 Å². The van der Waals surface area contributed by atoms with Crippen LogP contribution in [0.3, 0.4) is 0 Å². The Hall–Kier alpha value is -2.82. The van der Waals surface area contributed by atoms with Crippen molar-refractivity contribution in [3.63, 3.8) is 0 Å². The second-order valence-corrected chi connectivity index (χ2v) is 4.99. The number of hydrogen-bond acceptors (Lipinski definition) is 3. The Bertz CT molecular complexity index is 736. The van der Waals surface area contributed by atoms with Crippen LogP contribution in [-0.2, 0) is 6.54 Å². The number of hydrogen-bond donors (Lipinski definition) is 2. The summed E-state index contributed by atoms with van der Waals surface area (Å²) in [6.45, 7) is 0.500. The quantitative estimate of drug-likeness (QED) is 0.910. The van der Waals surface area contributed by atoms with Gasteiger partial charge in [0.05, 0.1) is 12.2 Å². The first kappa shape index (κ1) is 14.1. The van der Waals surface area contributed by atoms with Gasteiger partial charge in [0, 0.05) is 17.8 Å². The van der Waals surface area contributed by atoms with Gasteiger partial charge in [-0.25, -0.2) is 8.78 Å². The van der Waals surface area contributed by atoms with Crippen molar-refractivity contribution < 1.29 is 13.9 Å². The molecule has 1 heterocycles. The first-order valence-corrected chi connectivity index (χ1v) is 6.76. The van der Waals surface area contributed by atoms with Crippen molar-refractivity contribution in [1.29, 1.82) is 0 Å². The number of nitrogens with zero attached hydrogens (tertiary/aromatic N) is 1. The summed E-state index contributed by atoms with van der Waals surface area (Å²) in [5, 5.41) is 11.3. The van der Waals surface area contributed by atoms with E-state index in [0.717, 1.165) is 11.6 Å². The van der Waals surface area contributed by atoms with Gasteiger partial charge in [0.15, 0.2) is 0 Å². The Morgan fingerprint density at radius 2 is 1.82 bits per heavy atom. The molecule has 0 saturated carbocycles. The highest BCUT2D eigenvalue weighted by Crippen LogP contribution is 2.20. The normalized spacial score (nSPS) is 13.7. The van der Waals surface area contributed by atoms with Crippen LogP contribution in [-0.4, -0.2) is 10.1 Å². The highest BCUT2D eigenvalue weighted by Gasteiger charge is 2.11. The molecule has 2 aromatic carbocycles. The van der Waals surface area contributed by atoms with Gasteiger partial charge in [-0.2, -0.15) is 0 Å². The van der Waals surface area contributed by atoms with Gasteiger partial charge in [0.1, 0.15) is 17.4 Å². The molecule has 5 heteroatoms. The molecular formula is C17H14F2N2O. The summed E-state index contributed by atoms with van der Waals surface area (Å²) in [7, 11) is 0. The van der Waals surface area contributed by atoms with Crippen molar-refractivity contribution in [2.24, 2.45) is 0 Å². The van der Waals surface area contributed by atoms with Gasteiger partial charge in [0.25, 0.3) is 0 Å². The van der Waals surface area contributed by atoms with Crippen molar-refractivity contribution in [2.45, 2.75) is 6.54 Å². The van der Waals surface area contributed by atoms with Crippen molar-refractivity contribution in [3.05, 3.63) is 83.6 Å². The van der Waals surface area contributed by atoms with Crippen molar-refractivity contribution in [3.8, 4) is 5.75 Å². The van der Waals surface area contributed by atoms with E-state index in [1.54, 1.807) is 35.4 Å². The standard InChI is InChI=1S/C17H14F2N2O/c18-14-8-13(9-15(19)10-14)17-5-2-6-21(20-17)11-12-3-1-4-16(22)7-12/h1-10,20,22H,11H2. The number of aromatic hydroxyl groups is 1. The molecule has 22 heavy (non-hydrogen) atoms. The van der Waals surface area contributed by atoms with Crippen LogP contribution in [0.1, 0.15) is 11.1 Å². The Labute approximate surface area is 126 Å². The fraction of sp³-hybridized carbons (Fsp3) is 0.0588. The number of benzene rings is 2. The number of rotatable bonds is 3. The molecule has 0 atom stereocenters. The molecule has 0 radical (unpaired) electrons. The van der Waals surface area contributed by atoms with Crippen LogP contribution >= 0.6 is 0 Å². The molecule has 1 aliphatic rings.